The van der Waals surface area contributed by atoms with Gasteiger partial charge in [-0.15, -0.1) is 0 Å². The third kappa shape index (κ3) is 6.29. The largest absolute Gasteiger partial charge is 0.309 e. The fourth-order valence-electron chi connectivity index (χ4n) is 8.43. The second-order valence-corrected chi connectivity index (χ2v) is 16.0. The van der Waals surface area contributed by atoms with E-state index in [1.54, 1.807) is 0 Å². The van der Waals surface area contributed by atoms with Crippen molar-refractivity contribution in [3.63, 3.8) is 0 Å². The minimum absolute atomic E-state index is 0.0388. The zero-order valence-corrected chi connectivity index (χ0v) is 32.8. The van der Waals surface area contributed by atoms with Crippen molar-refractivity contribution >= 4 is 66.4 Å². The van der Waals surface area contributed by atoms with E-state index < -0.39 is 0 Å². The third-order valence-electron chi connectivity index (χ3n) is 11.3. The molecule has 0 atom stereocenters. The summed E-state index contributed by atoms with van der Waals surface area (Å²) in [4.78, 5) is 13.4. The van der Waals surface area contributed by atoms with Crippen molar-refractivity contribution in [3.05, 3.63) is 206 Å². The molecule has 0 aliphatic carbocycles. The Labute approximate surface area is 339 Å². The highest BCUT2D eigenvalue weighted by Gasteiger charge is 2.21. The SMILES string of the molecule is CC(C)(C)c1cc2ccc3c(-c4ccc(N(c5ccccc5)c5cccnc5)cc4)cc(-c4ccc(N(c5ccccc5)c5cccnc5)cc4)c4ccc(c1)c2c34. The zero-order valence-electron chi connectivity index (χ0n) is 32.8. The molecule has 0 amide bonds. The molecule has 58 heavy (non-hydrogen) atoms. The molecule has 8 aromatic carbocycles. The Hall–Kier alpha value is -7.30. The minimum atomic E-state index is 0.0388. The lowest BCUT2D eigenvalue weighted by Gasteiger charge is -2.26. The molecule has 278 valence electrons. The molecule has 2 aromatic heterocycles. The highest BCUT2D eigenvalue weighted by Crippen LogP contribution is 2.46. The molecule has 0 saturated carbocycles. The second kappa shape index (κ2) is 14.3. The van der Waals surface area contributed by atoms with Crippen molar-refractivity contribution < 1.29 is 0 Å². The number of benzene rings is 8. The molecule has 10 rings (SSSR count). The van der Waals surface area contributed by atoms with Gasteiger partial charge < -0.3 is 9.80 Å². The zero-order chi connectivity index (χ0) is 39.2. The van der Waals surface area contributed by atoms with Crippen LogP contribution in [0.5, 0.6) is 0 Å². The summed E-state index contributed by atoms with van der Waals surface area (Å²) in [6.45, 7) is 6.89. The molecule has 4 heteroatoms. The normalized spacial score (nSPS) is 11.7. The van der Waals surface area contributed by atoms with Crippen LogP contribution in [0.2, 0.25) is 0 Å². The molecule has 4 nitrogen and oxygen atoms in total. The quantitative estimate of drug-likeness (QED) is 0.145. The summed E-state index contributed by atoms with van der Waals surface area (Å²) < 4.78 is 0. The number of hydrogen-bond donors (Lipinski definition) is 0. The molecule has 0 saturated heterocycles. The van der Waals surface area contributed by atoms with Gasteiger partial charge in [0.2, 0.25) is 0 Å². The first-order valence-corrected chi connectivity index (χ1v) is 19.9. The Morgan fingerprint density at radius 3 is 1.19 bits per heavy atom. The summed E-state index contributed by atoms with van der Waals surface area (Å²) in [6.07, 6.45) is 7.47. The van der Waals surface area contributed by atoms with Crippen LogP contribution in [0.4, 0.5) is 34.1 Å². The van der Waals surface area contributed by atoms with Gasteiger partial charge in [0.05, 0.1) is 23.8 Å². The van der Waals surface area contributed by atoms with Gasteiger partial charge in [-0.3, -0.25) is 9.97 Å². The molecule has 0 N–H and O–H groups in total. The Morgan fingerprint density at radius 2 is 0.793 bits per heavy atom. The van der Waals surface area contributed by atoms with Gasteiger partial charge in [-0.25, -0.2) is 0 Å². The van der Waals surface area contributed by atoms with E-state index in [-0.39, 0.29) is 5.41 Å². The first kappa shape index (κ1) is 35.1. The predicted molar refractivity (Wildman–Crippen MR) is 245 cm³/mol. The highest BCUT2D eigenvalue weighted by molar-refractivity contribution is 6.28. The maximum atomic E-state index is 4.45. The van der Waals surface area contributed by atoms with Crippen LogP contribution in [0.1, 0.15) is 26.3 Å². The first-order valence-electron chi connectivity index (χ1n) is 19.9. The molecule has 0 radical (unpaired) electrons. The third-order valence-corrected chi connectivity index (χ3v) is 11.3. The van der Waals surface area contributed by atoms with Crippen LogP contribution in [0.3, 0.4) is 0 Å². The number of anilines is 6. The average molecular weight is 747 g/mol. The molecule has 0 bridgehead atoms. The van der Waals surface area contributed by atoms with Crippen molar-refractivity contribution in [3.8, 4) is 22.3 Å². The Kier molecular flexibility index (Phi) is 8.68. The summed E-state index contributed by atoms with van der Waals surface area (Å²) in [6, 6.07) is 63.7. The molecule has 2 heterocycles. The lowest BCUT2D eigenvalue weighted by atomic mass is 9.81. The van der Waals surface area contributed by atoms with Crippen LogP contribution in [0, 0.1) is 0 Å². The fourth-order valence-corrected chi connectivity index (χ4v) is 8.43. The van der Waals surface area contributed by atoms with Crippen LogP contribution in [-0.2, 0) is 5.41 Å². The van der Waals surface area contributed by atoms with E-state index in [9.17, 15) is 0 Å². The van der Waals surface area contributed by atoms with E-state index in [1.165, 1.54) is 60.1 Å². The van der Waals surface area contributed by atoms with Gasteiger partial charge in [0.25, 0.3) is 0 Å². The molecule has 0 aliphatic heterocycles. The predicted octanol–water partition coefficient (Wildman–Crippen LogP) is 14.9. The minimum Gasteiger partial charge on any atom is -0.309 e. The van der Waals surface area contributed by atoms with E-state index in [4.69, 9.17) is 0 Å². The van der Waals surface area contributed by atoms with Crippen molar-refractivity contribution in [2.75, 3.05) is 9.80 Å². The molecule has 10 aromatic rings. The monoisotopic (exact) mass is 746 g/mol. The van der Waals surface area contributed by atoms with E-state index in [0.717, 1.165) is 34.1 Å². The maximum absolute atomic E-state index is 4.45. The second-order valence-electron chi connectivity index (χ2n) is 16.0. The van der Waals surface area contributed by atoms with Gasteiger partial charge in [-0.2, -0.15) is 0 Å². The number of nitrogens with zero attached hydrogens (tertiary/aromatic N) is 4. The van der Waals surface area contributed by atoms with Gasteiger partial charge in [0, 0.05) is 35.1 Å². The molecular formula is C54H42N4. The fraction of sp³-hybridized carbons (Fsp3) is 0.0741. The van der Waals surface area contributed by atoms with E-state index >= 15 is 0 Å². The van der Waals surface area contributed by atoms with Crippen LogP contribution in [-0.4, -0.2) is 9.97 Å². The van der Waals surface area contributed by atoms with E-state index in [2.05, 4.69) is 204 Å². The van der Waals surface area contributed by atoms with E-state index in [1.807, 2.05) is 36.9 Å². The van der Waals surface area contributed by atoms with Crippen LogP contribution >= 0.6 is 0 Å². The average Bonchev–Trinajstić information content (AvgIpc) is 3.27. The number of aromatic nitrogens is 2. The lowest BCUT2D eigenvalue weighted by Crippen LogP contribution is -2.10. The van der Waals surface area contributed by atoms with Crippen molar-refractivity contribution in [1.29, 1.82) is 0 Å². The van der Waals surface area contributed by atoms with Crippen molar-refractivity contribution in [1.82, 2.24) is 9.97 Å². The van der Waals surface area contributed by atoms with E-state index in [0.29, 0.717) is 0 Å². The summed E-state index contributed by atoms with van der Waals surface area (Å²) in [5, 5.41) is 7.68. The smallest absolute Gasteiger partial charge is 0.0644 e. The Morgan fingerprint density at radius 1 is 0.379 bits per heavy atom. The van der Waals surface area contributed by atoms with Gasteiger partial charge >= 0.3 is 0 Å². The topological polar surface area (TPSA) is 32.3 Å². The van der Waals surface area contributed by atoms with Gasteiger partial charge in [0.15, 0.2) is 0 Å². The molecule has 0 aliphatic rings. The lowest BCUT2D eigenvalue weighted by molar-refractivity contribution is 0.591. The molecular weight excluding hydrogens is 705 g/mol. The molecule has 0 fully saturated rings. The molecule has 0 spiro atoms. The number of pyridine rings is 2. The van der Waals surface area contributed by atoms with Gasteiger partial charge in [-0.1, -0.05) is 118 Å². The number of hydrogen-bond acceptors (Lipinski definition) is 4. The Bertz CT molecular complexity index is 2720. The number of rotatable bonds is 8. The van der Waals surface area contributed by atoms with Crippen LogP contribution in [0.25, 0.3) is 54.6 Å². The highest BCUT2D eigenvalue weighted by atomic mass is 15.2. The Balaban J connectivity index is 1.15. The maximum Gasteiger partial charge on any atom is 0.0644 e. The number of para-hydroxylation sites is 2. The van der Waals surface area contributed by atoms with Crippen LogP contribution < -0.4 is 9.80 Å². The molecule has 0 unspecified atom stereocenters. The standard InChI is InChI=1S/C54H42N4/c1-54(2,3)41-32-39-22-28-48-50(37-18-24-44(25-19-37)57(42-12-6-4-7-13-42)46-16-10-30-55-35-46)34-51(49-29-23-40(33-41)52(39)53(48)49)38-20-26-45(27-21-38)58(43-14-8-5-9-15-43)47-17-11-31-56-36-47/h4-36H,1-3H3. The first-order chi connectivity index (χ1) is 28.4. The summed E-state index contributed by atoms with van der Waals surface area (Å²) in [7, 11) is 0. The summed E-state index contributed by atoms with van der Waals surface area (Å²) in [5.74, 6) is 0. The summed E-state index contributed by atoms with van der Waals surface area (Å²) in [5.41, 5.74) is 12.5. The van der Waals surface area contributed by atoms with Crippen molar-refractivity contribution in [2.24, 2.45) is 0 Å². The van der Waals surface area contributed by atoms with Crippen molar-refractivity contribution in [2.45, 2.75) is 26.2 Å². The van der Waals surface area contributed by atoms with Gasteiger partial charge in [-0.05, 0) is 144 Å². The van der Waals surface area contributed by atoms with Gasteiger partial charge in [0.1, 0.15) is 0 Å². The summed E-state index contributed by atoms with van der Waals surface area (Å²) >= 11 is 0. The van der Waals surface area contributed by atoms with Crippen LogP contribution in [0.15, 0.2) is 201 Å².